The van der Waals surface area contributed by atoms with Crippen molar-refractivity contribution < 1.29 is 41.3 Å². The fraction of sp³-hybridized carbons (Fsp3) is 0.429. The van der Waals surface area contributed by atoms with E-state index in [4.69, 9.17) is 23.9 Å². The summed E-state index contributed by atoms with van der Waals surface area (Å²) >= 11 is 0. The molecule has 5 atom stereocenters. The van der Waals surface area contributed by atoms with Gasteiger partial charge in [-0.05, 0) is 74.2 Å². The van der Waals surface area contributed by atoms with Crippen molar-refractivity contribution in [2.24, 2.45) is 0 Å². The number of rotatable bonds is 10. The summed E-state index contributed by atoms with van der Waals surface area (Å²) in [4.78, 5) is 31.3. The van der Waals surface area contributed by atoms with E-state index in [1.807, 2.05) is 35.2 Å². The van der Waals surface area contributed by atoms with E-state index >= 15 is 8.78 Å². The van der Waals surface area contributed by atoms with E-state index in [-0.39, 0.29) is 83.4 Å². The minimum Gasteiger partial charge on any atom is -0.468 e. The van der Waals surface area contributed by atoms with Crippen LogP contribution in [0.1, 0.15) is 62.1 Å². The van der Waals surface area contributed by atoms with E-state index in [9.17, 15) is 13.6 Å². The smallest absolute Gasteiger partial charge is 0.410 e. The number of aromatic nitrogens is 3. The zero-order valence-electron chi connectivity index (χ0n) is 30.9. The molecule has 5 aromatic rings. The van der Waals surface area contributed by atoms with Gasteiger partial charge in [0.15, 0.2) is 24.2 Å². The van der Waals surface area contributed by atoms with Gasteiger partial charge in [0.25, 0.3) is 0 Å². The number of piperidine rings is 1. The Morgan fingerprint density at radius 2 is 1.79 bits per heavy atom. The average molecular weight is 772 g/mol. The highest BCUT2D eigenvalue weighted by Gasteiger charge is 2.50. The number of hydrogen-bond acceptors (Lipinski definition) is 9. The predicted octanol–water partition coefficient (Wildman–Crippen LogP) is 8.25. The third kappa shape index (κ3) is 6.55. The first-order valence-electron chi connectivity index (χ1n) is 19.1. The van der Waals surface area contributed by atoms with Crippen molar-refractivity contribution in [3.63, 3.8) is 0 Å². The second-order valence-corrected chi connectivity index (χ2v) is 15.4. The number of fused-ring (bicyclic) bond motifs is 5. The minimum absolute atomic E-state index is 0.0339. The molecule has 56 heavy (non-hydrogen) atoms. The van der Waals surface area contributed by atoms with Gasteiger partial charge in [-0.25, -0.2) is 22.4 Å². The standard InChI is InChI=1S/C42H41F4N5O5/c1-53-23-56-30-16-25-8-11-33(44)35(45)34(25)31(17-30)38-36(46)39-32(19-47-38)37(48-40(49-39)55-22-42-12-5-13-50(42)20-27(43)18-42)26-14-28-9-10-29(15-26)51(28)41(52)54-21-24-6-3-2-4-7-24/h2-4,6-8,11,16-17,19,26-29H,5,9-10,12-15,18,20-23H2,1H3/t26?,27-,28-,29+,42+/m1/s1. The van der Waals surface area contributed by atoms with E-state index < -0.39 is 29.2 Å². The molecule has 1 unspecified atom stereocenters. The number of nitrogens with zero attached hydrogens (tertiary/aromatic N) is 5. The number of ether oxygens (including phenoxy) is 4. The highest BCUT2D eigenvalue weighted by molar-refractivity contribution is 5.99. The van der Waals surface area contributed by atoms with E-state index in [0.29, 0.717) is 36.9 Å². The van der Waals surface area contributed by atoms with Crippen LogP contribution in [0.25, 0.3) is 32.9 Å². The summed E-state index contributed by atoms with van der Waals surface area (Å²) in [6.07, 6.45) is 4.77. The number of alkyl halides is 1. The van der Waals surface area contributed by atoms with Crippen LogP contribution in [0.2, 0.25) is 0 Å². The fourth-order valence-corrected chi connectivity index (χ4v) is 9.53. The van der Waals surface area contributed by atoms with Crippen molar-refractivity contribution in [1.29, 1.82) is 0 Å². The summed E-state index contributed by atoms with van der Waals surface area (Å²) in [5.74, 6) is -3.11. The summed E-state index contributed by atoms with van der Waals surface area (Å²) in [5.41, 5.74) is 0.509. The molecule has 0 aliphatic carbocycles. The van der Waals surface area contributed by atoms with Crippen molar-refractivity contribution in [2.75, 3.05) is 33.6 Å². The van der Waals surface area contributed by atoms with Gasteiger partial charge in [0, 0.05) is 60.6 Å². The van der Waals surface area contributed by atoms with Crippen molar-refractivity contribution >= 4 is 27.8 Å². The Hall–Kier alpha value is -5.08. The van der Waals surface area contributed by atoms with Crippen LogP contribution in [0.3, 0.4) is 0 Å². The highest BCUT2D eigenvalue weighted by atomic mass is 19.2. The third-order valence-electron chi connectivity index (χ3n) is 12.0. The topological polar surface area (TPSA) is 99.1 Å². The molecule has 10 nitrogen and oxygen atoms in total. The molecule has 0 spiro atoms. The van der Waals surface area contributed by atoms with Crippen LogP contribution in [0.4, 0.5) is 22.4 Å². The SMILES string of the molecule is COCOc1cc(-c2ncc3c(C4C[C@H]5CC[C@@H](C4)N5C(=O)OCc4ccccc4)nc(OC[C@@]45CCCN4C[C@H](F)C5)nc3c2F)c2c(F)c(F)ccc2c1. The summed E-state index contributed by atoms with van der Waals surface area (Å²) < 4.78 is 84.8. The molecule has 4 aliphatic rings. The number of hydrogen-bond donors (Lipinski definition) is 0. The van der Waals surface area contributed by atoms with Gasteiger partial charge < -0.3 is 23.8 Å². The van der Waals surface area contributed by atoms with Crippen LogP contribution in [0.15, 0.2) is 60.8 Å². The Balaban J connectivity index is 1.10. The number of pyridine rings is 1. The fourth-order valence-electron chi connectivity index (χ4n) is 9.53. The van der Waals surface area contributed by atoms with Crippen LogP contribution in [-0.4, -0.2) is 88.2 Å². The molecule has 14 heteroatoms. The highest BCUT2D eigenvalue weighted by Crippen LogP contribution is 2.46. The van der Waals surface area contributed by atoms with Gasteiger partial charge in [-0.15, -0.1) is 0 Å². The monoisotopic (exact) mass is 771 g/mol. The number of benzene rings is 3. The summed E-state index contributed by atoms with van der Waals surface area (Å²) in [5, 5.41) is 0.446. The Labute approximate surface area is 320 Å². The largest absolute Gasteiger partial charge is 0.468 e. The maximum absolute atomic E-state index is 17.2. The Bertz CT molecular complexity index is 2290. The number of halogens is 4. The Morgan fingerprint density at radius 3 is 2.57 bits per heavy atom. The van der Waals surface area contributed by atoms with Crippen LogP contribution in [0, 0.1) is 17.5 Å². The maximum Gasteiger partial charge on any atom is 0.410 e. The zero-order chi connectivity index (χ0) is 38.6. The van der Waals surface area contributed by atoms with Crippen molar-refractivity contribution in [3.8, 4) is 23.0 Å². The lowest BCUT2D eigenvalue weighted by molar-refractivity contribution is 0.0512. The lowest BCUT2D eigenvalue weighted by Gasteiger charge is -2.38. The first-order chi connectivity index (χ1) is 27.2. The third-order valence-corrected chi connectivity index (χ3v) is 12.0. The minimum atomic E-state index is -1.16. The van der Waals surface area contributed by atoms with Crippen molar-refractivity contribution in [3.05, 3.63) is 89.5 Å². The summed E-state index contributed by atoms with van der Waals surface area (Å²) in [7, 11) is 1.44. The number of amides is 1. The molecule has 9 rings (SSSR count). The second kappa shape index (κ2) is 14.8. The Kier molecular flexibility index (Phi) is 9.64. The van der Waals surface area contributed by atoms with Gasteiger partial charge in [0.05, 0.1) is 11.2 Å². The number of methoxy groups -OCH3 is 1. The van der Waals surface area contributed by atoms with Gasteiger partial charge in [0.1, 0.15) is 36.3 Å². The first kappa shape index (κ1) is 36.6. The van der Waals surface area contributed by atoms with Gasteiger partial charge in [0.2, 0.25) is 0 Å². The number of carbonyl (C=O) groups is 1. The average Bonchev–Trinajstić information content (AvgIpc) is 3.83. The zero-order valence-corrected chi connectivity index (χ0v) is 30.9. The lowest BCUT2D eigenvalue weighted by Crippen LogP contribution is -2.46. The van der Waals surface area contributed by atoms with Crippen LogP contribution < -0.4 is 9.47 Å². The van der Waals surface area contributed by atoms with E-state index in [2.05, 4.69) is 14.9 Å². The first-order valence-corrected chi connectivity index (χ1v) is 19.1. The summed E-state index contributed by atoms with van der Waals surface area (Å²) in [6.45, 7) is 1.27. The van der Waals surface area contributed by atoms with E-state index in [0.717, 1.165) is 43.9 Å². The molecule has 4 fully saturated rings. The second-order valence-electron chi connectivity index (χ2n) is 15.4. The van der Waals surface area contributed by atoms with Gasteiger partial charge >= 0.3 is 12.1 Å². The van der Waals surface area contributed by atoms with E-state index in [1.165, 1.54) is 31.5 Å². The van der Waals surface area contributed by atoms with E-state index in [1.54, 1.807) is 0 Å². The molecule has 292 valence electrons. The van der Waals surface area contributed by atoms with Gasteiger partial charge in [-0.3, -0.25) is 9.88 Å². The molecule has 4 saturated heterocycles. The van der Waals surface area contributed by atoms with Gasteiger partial charge in [-0.1, -0.05) is 36.4 Å². The molecule has 1 amide bonds. The lowest BCUT2D eigenvalue weighted by atomic mass is 9.86. The Morgan fingerprint density at radius 1 is 0.982 bits per heavy atom. The number of carbonyl (C=O) groups excluding carboxylic acids is 1. The molecule has 6 heterocycles. The van der Waals surface area contributed by atoms with Crippen molar-refractivity contribution in [1.82, 2.24) is 24.8 Å². The quantitative estimate of drug-likeness (QED) is 0.103. The molecule has 0 radical (unpaired) electrons. The molecule has 2 aromatic heterocycles. The molecular weight excluding hydrogens is 730 g/mol. The van der Waals surface area contributed by atoms with Crippen LogP contribution >= 0.6 is 0 Å². The molecule has 0 N–H and O–H groups in total. The molecule has 3 aromatic carbocycles. The molecular formula is C42H41F4N5O5. The normalized spacial score (nSPS) is 24.6. The molecule has 0 saturated carbocycles. The summed E-state index contributed by atoms with van der Waals surface area (Å²) in [6, 6.07) is 14.5. The molecule has 2 bridgehead atoms. The van der Waals surface area contributed by atoms with Gasteiger partial charge in [-0.2, -0.15) is 9.97 Å². The van der Waals surface area contributed by atoms with Crippen molar-refractivity contribution in [2.45, 2.75) is 81.3 Å². The molecule has 4 aliphatic heterocycles. The predicted molar refractivity (Wildman–Crippen MR) is 198 cm³/mol. The van der Waals surface area contributed by atoms with Crippen LogP contribution in [0.5, 0.6) is 11.8 Å². The maximum atomic E-state index is 17.2. The van der Waals surface area contributed by atoms with Crippen LogP contribution in [-0.2, 0) is 16.1 Å².